The standard InChI is InChI=1S/C24H25F2N5O/c1-2-20(22(10-12-27)31-18-6-4-3-5-7-18)24(32)11-13-29-23-9-8-19(14-21(23)26)30-16-17(25)15-28/h2-9,12-17,22,27-28,31H,10-11H2,1H3/b20-2-,27-12?,28-15?,29-13?,30-16?. The minimum Gasteiger partial charge on any atom is -0.378 e. The Morgan fingerprint density at radius 3 is 2.53 bits per heavy atom. The first-order chi connectivity index (χ1) is 15.5. The molecule has 0 radical (unpaired) electrons. The predicted molar refractivity (Wildman–Crippen MR) is 127 cm³/mol. The van der Waals surface area contributed by atoms with E-state index >= 15 is 0 Å². The van der Waals surface area contributed by atoms with Crippen LogP contribution in [-0.2, 0) is 4.79 Å². The van der Waals surface area contributed by atoms with E-state index in [2.05, 4.69) is 15.3 Å². The van der Waals surface area contributed by atoms with Crippen molar-refractivity contribution in [2.45, 2.75) is 32.0 Å². The molecular formula is C24H25F2N5O. The zero-order chi connectivity index (χ0) is 23.3. The van der Waals surface area contributed by atoms with Crippen LogP contribution in [0.5, 0.6) is 0 Å². The molecule has 0 aromatic heterocycles. The Morgan fingerprint density at radius 2 is 1.91 bits per heavy atom. The second kappa shape index (κ2) is 12.8. The summed E-state index contributed by atoms with van der Waals surface area (Å²) in [4.78, 5) is 20.5. The summed E-state index contributed by atoms with van der Waals surface area (Å²) in [6, 6.07) is 13.0. The highest BCUT2D eigenvalue weighted by molar-refractivity contribution is 6.04. The van der Waals surface area contributed by atoms with Gasteiger partial charge in [0.05, 0.1) is 17.4 Å². The van der Waals surface area contributed by atoms with Crippen LogP contribution in [0.1, 0.15) is 19.8 Å². The summed E-state index contributed by atoms with van der Waals surface area (Å²) >= 11 is 0. The monoisotopic (exact) mass is 437 g/mol. The third-order valence-corrected chi connectivity index (χ3v) is 4.44. The second-order valence-electron chi connectivity index (χ2n) is 6.71. The van der Waals surface area contributed by atoms with Crippen molar-refractivity contribution in [1.82, 2.24) is 0 Å². The maximum Gasteiger partial charge on any atom is 0.170 e. The quantitative estimate of drug-likeness (QED) is 0.295. The molecule has 0 saturated carbocycles. The lowest BCUT2D eigenvalue weighted by Crippen LogP contribution is -2.27. The van der Waals surface area contributed by atoms with Crippen molar-refractivity contribution in [3.63, 3.8) is 0 Å². The van der Waals surface area contributed by atoms with E-state index in [1.165, 1.54) is 24.6 Å². The van der Waals surface area contributed by atoms with E-state index in [1.54, 1.807) is 13.0 Å². The number of allylic oxidation sites excluding steroid dienone is 1. The van der Waals surface area contributed by atoms with Gasteiger partial charge in [-0.3, -0.25) is 14.8 Å². The van der Waals surface area contributed by atoms with Gasteiger partial charge in [-0.05, 0) is 37.4 Å². The third kappa shape index (κ3) is 7.46. The Labute approximate surface area is 185 Å². The minimum atomic E-state index is -1.63. The molecule has 2 rings (SSSR count). The van der Waals surface area contributed by atoms with Gasteiger partial charge >= 0.3 is 0 Å². The number of aliphatic imine (C=N–C) groups is 2. The van der Waals surface area contributed by atoms with E-state index in [0.29, 0.717) is 18.2 Å². The van der Waals surface area contributed by atoms with Crippen molar-refractivity contribution >= 4 is 47.7 Å². The first-order valence-corrected chi connectivity index (χ1v) is 9.99. The lowest BCUT2D eigenvalue weighted by atomic mass is 9.97. The highest BCUT2D eigenvalue weighted by Crippen LogP contribution is 2.23. The van der Waals surface area contributed by atoms with E-state index in [4.69, 9.17) is 10.8 Å². The smallest absolute Gasteiger partial charge is 0.170 e. The Balaban J connectivity index is 2.06. The summed E-state index contributed by atoms with van der Waals surface area (Å²) < 4.78 is 27.2. The Morgan fingerprint density at radius 1 is 1.16 bits per heavy atom. The van der Waals surface area contributed by atoms with Crippen LogP contribution < -0.4 is 5.32 Å². The maximum atomic E-state index is 14.2. The van der Waals surface area contributed by atoms with Crippen LogP contribution >= 0.6 is 0 Å². The van der Waals surface area contributed by atoms with Gasteiger partial charge < -0.3 is 16.1 Å². The molecule has 2 aromatic rings. The average molecular weight is 437 g/mol. The van der Waals surface area contributed by atoms with Crippen LogP contribution in [0.3, 0.4) is 0 Å². The lowest BCUT2D eigenvalue weighted by Gasteiger charge is -2.20. The fourth-order valence-electron chi connectivity index (χ4n) is 2.90. The minimum absolute atomic E-state index is 0.0288. The van der Waals surface area contributed by atoms with Gasteiger partial charge in [0.25, 0.3) is 0 Å². The molecule has 8 heteroatoms. The normalized spacial score (nSPS) is 13.8. The van der Waals surface area contributed by atoms with Crippen LogP contribution in [0.15, 0.2) is 70.2 Å². The van der Waals surface area contributed by atoms with Crippen LogP contribution in [0.2, 0.25) is 0 Å². The number of carbonyl (C=O) groups excluding carboxylic acids is 1. The number of benzene rings is 2. The summed E-state index contributed by atoms with van der Waals surface area (Å²) in [6.07, 6.45) is 4.45. The van der Waals surface area contributed by atoms with E-state index < -0.39 is 12.0 Å². The highest BCUT2D eigenvalue weighted by Gasteiger charge is 2.19. The number of hydrogen-bond acceptors (Lipinski definition) is 6. The largest absolute Gasteiger partial charge is 0.378 e. The van der Waals surface area contributed by atoms with Crippen LogP contribution in [0, 0.1) is 16.6 Å². The van der Waals surface area contributed by atoms with E-state index in [9.17, 15) is 13.6 Å². The number of para-hydroxylation sites is 1. The van der Waals surface area contributed by atoms with Gasteiger partial charge in [-0.15, -0.1) is 0 Å². The van der Waals surface area contributed by atoms with Gasteiger partial charge in [0.15, 0.2) is 17.8 Å². The third-order valence-electron chi connectivity index (χ3n) is 4.44. The molecule has 0 aliphatic heterocycles. The summed E-state index contributed by atoms with van der Waals surface area (Å²) in [6.45, 7) is 1.76. The molecule has 0 saturated heterocycles. The molecule has 3 N–H and O–H groups in total. The Hall–Kier alpha value is -3.81. The van der Waals surface area contributed by atoms with Gasteiger partial charge in [-0.1, -0.05) is 24.3 Å². The summed E-state index contributed by atoms with van der Waals surface area (Å²) in [5.41, 5.74) is 1.58. The van der Waals surface area contributed by atoms with E-state index in [1.807, 2.05) is 30.3 Å². The number of nitrogens with one attached hydrogen (secondary N) is 3. The number of nitrogens with zero attached hydrogens (tertiary/aromatic N) is 2. The van der Waals surface area contributed by atoms with Crippen molar-refractivity contribution < 1.29 is 13.6 Å². The van der Waals surface area contributed by atoms with Gasteiger partial charge in [0, 0.05) is 48.8 Å². The molecule has 0 amide bonds. The van der Waals surface area contributed by atoms with Gasteiger partial charge in [-0.2, -0.15) is 0 Å². The molecule has 2 unspecified atom stereocenters. The van der Waals surface area contributed by atoms with Crippen molar-refractivity contribution in [3.05, 3.63) is 66.0 Å². The Bertz CT molecular complexity index is 1020. The summed E-state index contributed by atoms with van der Waals surface area (Å²) in [7, 11) is 0. The maximum absolute atomic E-state index is 14.2. The molecule has 6 nitrogen and oxygen atoms in total. The number of anilines is 1. The fourth-order valence-corrected chi connectivity index (χ4v) is 2.90. The number of carbonyl (C=O) groups is 1. The SMILES string of the molecule is C/C=C(\C(=O)CC=Nc1ccc(N=CC(F)C=N)cc1F)C(CC=N)Nc1ccccc1. The molecular weight excluding hydrogens is 412 g/mol. The molecule has 0 fully saturated rings. The first kappa shape index (κ1) is 24.5. The first-order valence-electron chi connectivity index (χ1n) is 9.99. The summed E-state index contributed by atoms with van der Waals surface area (Å²) in [5.74, 6) is -0.846. The van der Waals surface area contributed by atoms with Crippen molar-refractivity contribution in [3.8, 4) is 0 Å². The molecule has 0 spiro atoms. The van der Waals surface area contributed by atoms with Gasteiger partial charge in [0.1, 0.15) is 0 Å². The predicted octanol–water partition coefficient (Wildman–Crippen LogP) is 5.64. The van der Waals surface area contributed by atoms with Crippen molar-refractivity contribution in [1.29, 1.82) is 10.8 Å². The number of rotatable bonds is 12. The topological polar surface area (TPSA) is 102 Å². The molecule has 0 heterocycles. The number of Topliss-reactive ketones (excluding diaryl/α,β-unsaturated/α-hetero) is 1. The average Bonchev–Trinajstić information content (AvgIpc) is 2.80. The number of alkyl halides is 1. The number of hydrogen-bond donors (Lipinski definition) is 3. The molecule has 166 valence electrons. The molecule has 0 aliphatic carbocycles. The lowest BCUT2D eigenvalue weighted by molar-refractivity contribution is -0.114. The Kier molecular flexibility index (Phi) is 9.77. The zero-order valence-corrected chi connectivity index (χ0v) is 17.6. The fraction of sp³-hybridized carbons (Fsp3) is 0.208. The molecule has 32 heavy (non-hydrogen) atoms. The van der Waals surface area contributed by atoms with E-state index in [-0.39, 0.29) is 29.6 Å². The van der Waals surface area contributed by atoms with Gasteiger partial charge in [-0.25, -0.2) is 8.78 Å². The van der Waals surface area contributed by atoms with Crippen LogP contribution in [0.4, 0.5) is 25.8 Å². The molecule has 2 atom stereocenters. The second-order valence-corrected chi connectivity index (χ2v) is 6.71. The zero-order valence-electron chi connectivity index (χ0n) is 17.6. The molecule has 2 aromatic carbocycles. The molecule has 0 aliphatic rings. The van der Waals surface area contributed by atoms with Crippen LogP contribution in [-0.4, -0.2) is 42.9 Å². The summed E-state index contributed by atoms with van der Waals surface area (Å²) in [5, 5.41) is 17.5. The molecule has 0 bridgehead atoms. The van der Waals surface area contributed by atoms with Crippen LogP contribution in [0.25, 0.3) is 0 Å². The number of halogens is 2. The number of ketones is 1. The highest BCUT2D eigenvalue weighted by atomic mass is 19.1. The van der Waals surface area contributed by atoms with Crippen molar-refractivity contribution in [2.24, 2.45) is 9.98 Å². The van der Waals surface area contributed by atoms with E-state index in [0.717, 1.165) is 18.0 Å². The van der Waals surface area contributed by atoms with Crippen molar-refractivity contribution in [2.75, 3.05) is 5.32 Å². The van der Waals surface area contributed by atoms with Gasteiger partial charge in [0.2, 0.25) is 0 Å².